The van der Waals surface area contributed by atoms with E-state index < -0.39 is 6.04 Å². The number of aromatic nitrogens is 3. The number of hydrogen-bond donors (Lipinski definition) is 2. The molecule has 1 unspecified atom stereocenters. The number of nitrogens with one attached hydrogen (secondary N) is 2. The Morgan fingerprint density at radius 2 is 1.81 bits per heavy atom. The minimum Gasteiger partial charge on any atom is -0.340 e. The zero-order chi connectivity index (χ0) is 22.2. The summed E-state index contributed by atoms with van der Waals surface area (Å²) in [6.45, 7) is 6.62. The Kier molecular flexibility index (Phi) is 7.54. The third-order valence-corrected chi connectivity index (χ3v) is 4.99. The van der Waals surface area contributed by atoms with Crippen molar-refractivity contribution in [3.05, 3.63) is 77.7 Å². The number of pyridine rings is 1. The molecule has 7 heteroatoms. The van der Waals surface area contributed by atoms with E-state index in [9.17, 15) is 9.59 Å². The highest BCUT2D eigenvalue weighted by atomic mass is 16.2. The molecule has 0 fully saturated rings. The van der Waals surface area contributed by atoms with E-state index in [0.717, 1.165) is 12.0 Å². The van der Waals surface area contributed by atoms with E-state index in [4.69, 9.17) is 0 Å². The summed E-state index contributed by atoms with van der Waals surface area (Å²) in [4.78, 5) is 29.6. The Morgan fingerprint density at radius 3 is 2.52 bits per heavy atom. The van der Waals surface area contributed by atoms with Gasteiger partial charge in [0.1, 0.15) is 6.04 Å². The first kappa shape index (κ1) is 22.2. The largest absolute Gasteiger partial charge is 0.340 e. The fraction of sp³-hybridized carbons (Fsp3) is 0.333. The van der Waals surface area contributed by atoms with Gasteiger partial charge >= 0.3 is 0 Å². The van der Waals surface area contributed by atoms with Gasteiger partial charge in [-0.25, -0.2) is 0 Å². The predicted octanol–water partition coefficient (Wildman–Crippen LogP) is 3.61. The van der Waals surface area contributed by atoms with Crippen LogP contribution in [0.1, 0.15) is 41.8 Å². The highest BCUT2D eigenvalue weighted by Crippen LogP contribution is 2.12. The van der Waals surface area contributed by atoms with Crippen LogP contribution in [0.3, 0.4) is 0 Å². The third kappa shape index (κ3) is 6.50. The molecular weight excluding hydrogens is 390 g/mol. The number of carbonyl (C=O) groups is 2. The number of anilines is 1. The lowest BCUT2D eigenvalue weighted by atomic mass is 10.0. The van der Waals surface area contributed by atoms with E-state index >= 15 is 0 Å². The van der Waals surface area contributed by atoms with Crippen molar-refractivity contribution in [1.82, 2.24) is 20.1 Å². The quantitative estimate of drug-likeness (QED) is 0.554. The van der Waals surface area contributed by atoms with Crippen molar-refractivity contribution in [3.63, 3.8) is 0 Å². The Hall–Kier alpha value is -3.48. The molecule has 0 aliphatic rings. The number of amides is 2. The summed E-state index contributed by atoms with van der Waals surface area (Å²) >= 11 is 0. The molecule has 0 radical (unpaired) electrons. The Balaban J connectivity index is 1.62. The average Bonchev–Trinajstić information content (AvgIpc) is 3.19. The third-order valence-electron chi connectivity index (χ3n) is 4.99. The van der Waals surface area contributed by atoms with Crippen LogP contribution in [0.5, 0.6) is 0 Å². The lowest BCUT2D eigenvalue weighted by Gasteiger charge is -2.20. The van der Waals surface area contributed by atoms with Crippen molar-refractivity contribution in [2.24, 2.45) is 5.92 Å². The summed E-state index contributed by atoms with van der Waals surface area (Å²) in [7, 11) is 0. The molecule has 0 saturated heterocycles. The summed E-state index contributed by atoms with van der Waals surface area (Å²) in [6, 6.07) is 12.4. The molecule has 0 bridgehead atoms. The van der Waals surface area contributed by atoms with Crippen molar-refractivity contribution in [1.29, 1.82) is 0 Å². The second-order valence-electron chi connectivity index (χ2n) is 8.03. The standard InChI is InChI=1S/C24H29N5O2/c1-17(2)16-21(26-23(30)20-7-5-4-6-18(20)3)24(31)27-22-11-15-29(28-22)14-10-19-8-12-25-13-9-19/h4-9,11-13,15,17,21H,10,14,16H2,1-3H3,(H,26,30)(H,27,28,31). The van der Waals surface area contributed by atoms with Gasteiger partial charge in [-0.15, -0.1) is 0 Å². The maximum absolute atomic E-state index is 12.9. The summed E-state index contributed by atoms with van der Waals surface area (Å²) in [6.07, 6.45) is 6.72. The second-order valence-corrected chi connectivity index (χ2v) is 8.03. The van der Waals surface area contributed by atoms with Crippen molar-refractivity contribution in [2.45, 2.75) is 46.2 Å². The second kappa shape index (κ2) is 10.5. The van der Waals surface area contributed by atoms with Crippen molar-refractivity contribution in [2.75, 3.05) is 5.32 Å². The van der Waals surface area contributed by atoms with Crippen LogP contribution in [-0.2, 0) is 17.8 Å². The molecule has 2 heterocycles. The van der Waals surface area contributed by atoms with Gasteiger partial charge in [0.2, 0.25) is 5.91 Å². The van der Waals surface area contributed by atoms with Crippen LogP contribution in [0, 0.1) is 12.8 Å². The van der Waals surface area contributed by atoms with E-state index in [2.05, 4.69) is 20.7 Å². The van der Waals surface area contributed by atoms with Crippen LogP contribution in [0.4, 0.5) is 5.82 Å². The first-order valence-corrected chi connectivity index (χ1v) is 10.5. The predicted molar refractivity (Wildman–Crippen MR) is 121 cm³/mol. The highest BCUT2D eigenvalue weighted by Gasteiger charge is 2.23. The minimum atomic E-state index is -0.644. The summed E-state index contributed by atoms with van der Waals surface area (Å²) in [5, 5.41) is 10.2. The molecule has 2 amide bonds. The van der Waals surface area contributed by atoms with Crippen LogP contribution >= 0.6 is 0 Å². The molecule has 7 nitrogen and oxygen atoms in total. The normalized spacial score (nSPS) is 11.9. The van der Waals surface area contributed by atoms with E-state index in [1.807, 2.05) is 57.3 Å². The van der Waals surface area contributed by atoms with Gasteiger partial charge in [0, 0.05) is 36.8 Å². The van der Waals surface area contributed by atoms with Gasteiger partial charge in [-0.05, 0) is 55.0 Å². The average molecular weight is 420 g/mol. The number of hydrogen-bond acceptors (Lipinski definition) is 4. The fourth-order valence-electron chi connectivity index (χ4n) is 3.33. The molecule has 1 atom stereocenters. The molecule has 3 aromatic rings. The zero-order valence-electron chi connectivity index (χ0n) is 18.2. The van der Waals surface area contributed by atoms with Crippen LogP contribution in [-0.4, -0.2) is 32.6 Å². The smallest absolute Gasteiger partial charge is 0.252 e. The Morgan fingerprint density at radius 1 is 1.06 bits per heavy atom. The van der Waals surface area contributed by atoms with Crippen LogP contribution in [0.15, 0.2) is 61.1 Å². The van der Waals surface area contributed by atoms with Gasteiger partial charge in [0.15, 0.2) is 5.82 Å². The highest BCUT2D eigenvalue weighted by molar-refractivity contribution is 6.01. The molecule has 0 spiro atoms. The lowest BCUT2D eigenvalue weighted by molar-refractivity contribution is -0.118. The molecule has 1 aromatic carbocycles. The summed E-state index contributed by atoms with van der Waals surface area (Å²) in [5.74, 6) is 0.196. The molecule has 2 aromatic heterocycles. The Bertz CT molecular complexity index is 1010. The first-order chi connectivity index (χ1) is 14.9. The molecular formula is C24H29N5O2. The number of carbonyl (C=O) groups excluding carboxylic acids is 2. The number of rotatable bonds is 9. The molecule has 0 aliphatic carbocycles. The van der Waals surface area contributed by atoms with Crippen molar-refractivity contribution < 1.29 is 9.59 Å². The fourth-order valence-corrected chi connectivity index (χ4v) is 3.33. The molecule has 0 aliphatic heterocycles. The summed E-state index contributed by atoms with van der Waals surface area (Å²) < 4.78 is 1.79. The van der Waals surface area contributed by atoms with E-state index in [1.54, 1.807) is 29.2 Å². The maximum Gasteiger partial charge on any atom is 0.252 e. The number of benzene rings is 1. The van der Waals surface area contributed by atoms with Crippen LogP contribution in [0.25, 0.3) is 0 Å². The first-order valence-electron chi connectivity index (χ1n) is 10.5. The van der Waals surface area contributed by atoms with Gasteiger partial charge in [-0.1, -0.05) is 32.0 Å². The van der Waals surface area contributed by atoms with E-state index in [0.29, 0.717) is 24.3 Å². The van der Waals surface area contributed by atoms with Crippen LogP contribution in [0.2, 0.25) is 0 Å². The van der Waals surface area contributed by atoms with Crippen LogP contribution < -0.4 is 10.6 Å². The number of nitrogens with zero attached hydrogens (tertiary/aromatic N) is 3. The van der Waals surface area contributed by atoms with Gasteiger partial charge < -0.3 is 10.6 Å². The van der Waals surface area contributed by atoms with Gasteiger partial charge in [0.25, 0.3) is 5.91 Å². The summed E-state index contributed by atoms with van der Waals surface area (Å²) in [5.41, 5.74) is 2.62. The number of aryl methyl sites for hydroxylation is 3. The van der Waals surface area contributed by atoms with Crippen molar-refractivity contribution >= 4 is 17.6 Å². The minimum absolute atomic E-state index is 0.242. The molecule has 2 N–H and O–H groups in total. The molecule has 0 saturated carbocycles. The zero-order valence-corrected chi connectivity index (χ0v) is 18.2. The molecule has 31 heavy (non-hydrogen) atoms. The van der Waals surface area contributed by atoms with E-state index in [1.165, 1.54) is 5.56 Å². The molecule has 3 rings (SSSR count). The topological polar surface area (TPSA) is 88.9 Å². The monoisotopic (exact) mass is 419 g/mol. The lowest BCUT2D eigenvalue weighted by Crippen LogP contribution is -2.44. The van der Waals surface area contributed by atoms with Gasteiger partial charge in [0.05, 0.1) is 0 Å². The van der Waals surface area contributed by atoms with Gasteiger partial charge in [-0.3, -0.25) is 19.3 Å². The SMILES string of the molecule is Cc1ccccc1C(=O)NC(CC(C)C)C(=O)Nc1ccn(CCc2ccncc2)n1. The Labute approximate surface area is 182 Å². The van der Waals surface area contributed by atoms with Gasteiger partial charge in [-0.2, -0.15) is 5.10 Å². The van der Waals surface area contributed by atoms with Crippen molar-refractivity contribution in [3.8, 4) is 0 Å². The maximum atomic E-state index is 12.9. The van der Waals surface area contributed by atoms with E-state index in [-0.39, 0.29) is 17.7 Å². The molecule has 162 valence electrons.